The summed E-state index contributed by atoms with van der Waals surface area (Å²) >= 11 is 12.4. The van der Waals surface area contributed by atoms with E-state index in [9.17, 15) is 9.18 Å². The fraction of sp³-hybridized carbons (Fsp3) is 0.409. The van der Waals surface area contributed by atoms with Gasteiger partial charge in [-0.3, -0.25) is 9.69 Å². The molecular weight excluding hydrogens is 446 g/mol. The quantitative estimate of drug-likeness (QED) is 0.677. The SMILES string of the molecule is COc1ccc(C(=O)N2CCN3C[C@@H](c4ccc(F)c(Cl)c4)OC[C@@H]3C2)c(Cl)c1OC. The van der Waals surface area contributed by atoms with Gasteiger partial charge in [0.1, 0.15) is 5.82 Å². The number of ether oxygens (including phenoxy) is 3. The smallest absolute Gasteiger partial charge is 0.255 e. The third-order valence-corrected chi connectivity index (χ3v) is 6.48. The molecule has 0 radical (unpaired) electrons. The predicted molar refractivity (Wildman–Crippen MR) is 116 cm³/mol. The number of hydrogen-bond acceptors (Lipinski definition) is 5. The lowest BCUT2D eigenvalue weighted by atomic mass is 10.0. The number of nitrogens with zero attached hydrogens (tertiary/aromatic N) is 2. The van der Waals surface area contributed by atoms with Gasteiger partial charge in [0.05, 0.1) is 48.6 Å². The average Bonchev–Trinajstić information content (AvgIpc) is 2.79. The molecule has 2 saturated heterocycles. The van der Waals surface area contributed by atoms with Crippen molar-refractivity contribution in [1.82, 2.24) is 9.80 Å². The van der Waals surface area contributed by atoms with E-state index in [0.29, 0.717) is 49.8 Å². The largest absolute Gasteiger partial charge is 0.493 e. The van der Waals surface area contributed by atoms with Crippen LogP contribution in [-0.2, 0) is 4.74 Å². The summed E-state index contributed by atoms with van der Waals surface area (Å²) in [5.74, 6) is 0.218. The van der Waals surface area contributed by atoms with Crippen LogP contribution in [0.5, 0.6) is 11.5 Å². The second-order valence-electron chi connectivity index (χ2n) is 7.56. The van der Waals surface area contributed by atoms with Crippen molar-refractivity contribution in [2.45, 2.75) is 12.1 Å². The molecule has 166 valence electrons. The topological polar surface area (TPSA) is 51.2 Å². The van der Waals surface area contributed by atoms with E-state index in [4.69, 9.17) is 37.4 Å². The Labute approximate surface area is 190 Å². The number of hydrogen-bond donors (Lipinski definition) is 0. The van der Waals surface area contributed by atoms with Crippen LogP contribution in [0.1, 0.15) is 22.0 Å². The lowest BCUT2D eigenvalue weighted by Gasteiger charge is -2.46. The average molecular weight is 469 g/mol. The number of amides is 1. The number of fused-ring (bicyclic) bond motifs is 1. The molecule has 0 saturated carbocycles. The van der Waals surface area contributed by atoms with E-state index < -0.39 is 5.82 Å². The second kappa shape index (κ2) is 9.20. The third-order valence-electron chi connectivity index (χ3n) is 5.81. The van der Waals surface area contributed by atoms with Gasteiger partial charge in [0.15, 0.2) is 11.5 Å². The maximum atomic E-state index is 13.5. The lowest BCUT2D eigenvalue weighted by molar-refractivity contribution is -0.0858. The molecular formula is C22H23Cl2FN2O4. The molecule has 0 aromatic heterocycles. The Morgan fingerprint density at radius 2 is 1.94 bits per heavy atom. The zero-order chi connectivity index (χ0) is 22.1. The van der Waals surface area contributed by atoms with E-state index in [-0.39, 0.29) is 28.1 Å². The van der Waals surface area contributed by atoms with Crippen molar-refractivity contribution in [1.29, 1.82) is 0 Å². The zero-order valence-electron chi connectivity index (χ0n) is 17.2. The first-order valence-electron chi connectivity index (χ1n) is 9.93. The van der Waals surface area contributed by atoms with Gasteiger partial charge in [-0.15, -0.1) is 0 Å². The van der Waals surface area contributed by atoms with E-state index in [1.807, 2.05) is 0 Å². The number of piperazine rings is 1. The minimum atomic E-state index is -0.444. The maximum absolute atomic E-state index is 13.5. The van der Waals surface area contributed by atoms with Crippen LogP contribution in [-0.4, -0.2) is 68.8 Å². The number of halogens is 3. The number of methoxy groups -OCH3 is 2. The van der Waals surface area contributed by atoms with E-state index in [2.05, 4.69) is 4.90 Å². The summed E-state index contributed by atoms with van der Waals surface area (Å²) in [5, 5.41) is 0.327. The summed E-state index contributed by atoms with van der Waals surface area (Å²) in [7, 11) is 3.01. The van der Waals surface area contributed by atoms with Crippen LogP contribution in [0.2, 0.25) is 10.0 Å². The molecule has 31 heavy (non-hydrogen) atoms. The Morgan fingerprint density at radius 1 is 1.13 bits per heavy atom. The van der Waals surface area contributed by atoms with E-state index in [1.54, 1.807) is 29.2 Å². The monoisotopic (exact) mass is 468 g/mol. The molecule has 2 aromatic carbocycles. The molecule has 2 aliphatic heterocycles. The van der Waals surface area contributed by atoms with Crippen LogP contribution in [0, 0.1) is 5.82 Å². The molecule has 0 spiro atoms. The predicted octanol–water partition coefficient (Wildman–Crippen LogP) is 4.05. The van der Waals surface area contributed by atoms with Crippen LogP contribution in [0.15, 0.2) is 30.3 Å². The molecule has 2 heterocycles. The fourth-order valence-electron chi connectivity index (χ4n) is 4.11. The Bertz CT molecular complexity index is 990. The summed E-state index contributed by atoms with van der Waals surface area (Å²) in [5.41, 5.74) is 1.23. The van der Waals surface area contributed by atoms with Crippen LogP contribution in [0.4, 0.5) is 4.39 Å². The Hall–Kier alpha value is -2.06. The van der Waals surface area contributed by atoms with Crippen molar-refractivity contribution in [3.63, 3.8) is 0 Å². The molecule has 0 N–H and O–H groups in total. The first-order chi connectivity index (χ1) is 14.9. The molecule has 2 aromatic rings. The van der Waals surface area contributed by atoms with Gasteiger partial charge in [0, 0.05) is 26.2 Å². The summed E-state index contributed by atoms with van der Waals surface area (Å²) < 4.78 is 30.0. The number of carbonyl (C=O) groups excluding carboxylic acids is 1. The highest BCUT2D eigenvalue weighted by atomic mass is 35.5. The van der Waals surface area contributed by atoms with Gasteiger partial charge in [0.2, 0.25) is 0 Å². The van der Waals surface area contributed by atoms with Crippen molar-refractivity contribution >= 4 is 29.1 Å². The molecule has 1 amide bonds. The highest BCUT2D eigenvalue weighted by Crippen LogP contribution is 2.38. The minimum Gasteiger partial charge on any atom is -0.493 e. The molecule has 2 atom stereocenters. The molecule has 0 bridgehead atoms. The minimum absolute atomic E-state index is 0.0730. The van der Waals surface area contributed by atoms with Crippen molar-refractivity contribution in [2.75, 3.05) is 47.0 Å². The Morgan fingerprint density at radius 3 is 2.65 bits per heavy atom. The number of morpholine rings is 1. The standard InChI is InChI=1S/C22H23Cl2FN2O4/c1-29-18-6-4-15(20(24)21(18)30-2)22(28)27-8-7-26-11-19(31-12-14(26)10-27)13-3-5-17(25)16(23)9-13/h3-6,9,14,19H,7-8,10-12H2,1-2H3/t14-,19-/m0/s1. The number of carbonyl (C=O) groups is 1. The van der Waals surface area contributed by atoms with Crippen molar-refractivity contribution in [3.8, 4) is 11.5 Å². The second-order valence-corrected chi connectivity index (χ2v) is 8.34. The molecule has 2 fully saturated rings. The third kappa shape index (κ3) is 4.32. The zero-order valence-corrected chi connectivity index (χ0v) is 18.8. The van der Waals surface area contributed by atoms with Crippen LogP contribution >= 0.6 is 23.2 Å². The maximum Gasteiger partial charge on any atom is 0.255 e. The van der Waals surface area contributed by atoms with E-state index in [0.717, 1.165) is 5.56 Å². The van der Waals surface area contributed by atoms with E-state index in [1.165, 1.54) is 20.3 Å². The normalized spacial score (nSPS) is 21.5. The van der Waals surface area contributed by atoms with Crippen LogP contribution in [0.3, 0.4) is 0 Å². The van der Waals surface area contributed by atoms with Gasteiger partial charge in [-0.05, 0) is 29.8 Å². The first-order valence-corrected chi connectivity index (χ1v) is 10.7. The number of benzene rings is 2. The summed E-state index contributed by atoms with van der Waals surface area (Å²) in [4.78, 5) is 17.2. The number of rotatable bonds is 4. The summed E-state index contributed by atoms with van der Waals surface area (Å²) in [6.07, 6.45) is -0.183. The Balaban J connectivity index is 1.44. The Kier molecular flexibility index (Phi) is 6.57. The van der Waals surface area contributed by atoms with E-state index >= 15 is 0 Å². The highest BCUT2D eigenvalue weighted by molar-refractivity contribution is 6.35. The summed E-state index contributed by atoms with van der Waals surface area (Å²) in [6.45, 7) is 2.92. The van der Waals surface area contributed by atoms with Gasteiger partial charge >= 0.3 is 0 Å². The van der Waals surface area contributed by atoms with Gasteiger partial charge in [-0.25, -0.2) is 4.39 Å². The van der Waals surface area contributed by atoms with Gasteiger partial charge in [-0.1, -0.05) is 29.3 Å². The molecule has 0 aliphatic carbocycles. The fourth-order valence-corrected chi connectivity index (χ4v) is 4.61. The van der Waals surface area contributed by atoms with Gasteiger partial charge < -0.3 is 19.1 Å². The molecule has 2 aliphatic rings. The first kappa shape index (κ1) is 22.1. The lowest BCUT2D eigenvalue weighted by Crippen LogP contribution is -2.59. The van der Waals surface area contributed by atoms with Crippen molar-refractivity contribution in [2.24, 2.45) is 0 Å². The van der Waals surface area contributed by atoms with Crippen LogP contribution in [0.25, 0.3) is 0 Å². The van der Waals surface area contributed by atoms with Crippen LogP contribution < -0.4 is 9.47 Å². The highest BCUT2D eigenvalue weighted by Gasteiger charge is 2.36. The molecule has 6 nitrogen and oxygen atoms in total. The molecule has 9 heteroatoms. The summed E-state index contributed by atoms with van der Waals surface area (Å²) in [6, 6.07) is 8.08. The van der Waals surface area contributed by atoms with Gasteiger partial charge in [-0.2, -0.15) is 0 Å². The molecule has 0 unspecified atom stereocenters. The van der Waals surface area contributed by atoms with Crippen molar-refractivity contribution < 1.29 is 23.4 Å². The van der Waals surface area contributed by atoms with Gasteiger partial charge in [0.25, 0.3) is 5.91 Å². The molecule has 4 rings (SSSR count). The van der Waals surface area contributed by atoms with Crippen molar-refractivity contribution in [3.05, 3.63) is 57.3 Å².